The zero-order valence-corrected chi connectivity index (χ0v) is 14.8. The molecule has 0 spiro atoms. The molecule has 1 atom stereocenters. The number of Topliss-reactive ketones (excluding diaryl/α,β-unsaturated/α-hetero) is 1. The first-order valence-corrected chi connectivity index (χ1v) is 8.19. The quantitative estimate of drug-likeness (QED) is 0.492. The number of aromatic nitrogens is 2. The first-order valence-electron chi connectivity index (χ1n) is 8.19. The summed E-state index contributed by atoms with van der Waals surface area (Å²) in [6.45, 7) is 1.45. The van der Waals surface area contributed by atoms with Crippen LogP contribution in [0.4, 0.5) is 4.39 Å². The van der Waals surface area contributed by atoms with Gasteiger partial charge in [-0.1, -0.05) is 18.2 Å². The van der Waals surface area contributed by atoms with Crippen molar-refractivity contribution in [3.05, 3.63) is 77.9 Å². The molecule has 0 fully saturated rings. The molecule has 0 unspecified atom stereocenters. The van der Waals surface area contributed by atoms with Gasteiger partial charge >= 0.3 is 5.97 Å². The predicted octanol–water partition coefficient (Wildman–Crippen LogP) is 3.45. The van der Waals surface area contributed by atoms with Gasteiger partial charge in [0.15, 0.2) is 11.9 Å². The number of hydrogen-bond donors (Lipinski definition) is 0. The molecule has 0 aliphatic rings. The molecule has 0 saturated carbocycles. The third-order valence-electron chi connectivity index (χ3n) is 3.90. The molecule has 6 nitrogen and oxygen atoms in total. The van der Waals surface area contributed by atoms with Crippen molar-refractivity contribution >= 4 is 11.8 Å². The molecule has 1 heterocycles. The Hall–Kier alpha value is -3.48. The van der Waals surface area contributed by atoms with Crippen molar-refractivity contribution in [2.24, 2.45) is 0 Å². The number of benzene rings is 2. The molecule has 0 aliphatic heterocycles. The van der Waals surface area contributed by atoms with Crippen LogP contribution in [-0.2, 0) is 4.74 Å². The second-order valence-corrected chi connectivity index (χ2v) is 5.74. The molecule has 0 aliphatic carbocycles. The number of ketones is 1. The molecule has 138 valence electrons. The monoisotopic (exact) mass is 368 g/mol. The fourth-order valence-electron chi connectivity index (χ4n) is 2.48. The third-order valence-corrected chi connectivity index (χ3v) is 3.90. The summed E-state index contributed by atoms with van der Waals surface area (Å²) in [5, 5.41) is 4.20. The minimum atomic E-state index is -1.06. The molecule has 0 amide bonds. The summed E-state index contributed by atoms with van der Waals surface area (Å²) in [7, 11) is 1.41. The maximum absolute atomic E-state index is 13.0. The van der Waals surface area contributed by atoms with Crippen molar-refractivity contribution in [1.82, 2.24) is 9.78 Å². The highest BCUT2D eigenvalue weighted by Crippen LogP contribution is 2.21. The van der Waals surface area contributed by atoms with Crippen LogP contribution in [0.5, 0.6) is 5.75 Å². The van der Waals surface area contributed by atoms with Crippen LogP contribution >= 0.6 is 0 Å². The largest absolute Gasteiger partial charge is 0.493 e. The highest BCUT2D eigenvalue weighted by molar-refractivity contribution is 6.01. The van der Waals surface area contributed by atoms with Gasteiger partial charge in [0.1, 0.15) is 5.82 Å². The second kappa shape index (κ2) is 7.82. The number of carbonyl (C=O) groups excluding carboxylic acids is 2. The van der Waals surface area contributed by atoms with Crippen molar-refractivity contribution in [2.45, 2.75) is 13.0 Å². The lowest BCUT2D eigenvalue weighted by atomic mass is 10.1. The number of para-hydroxylation sites is 1. The number of hydrogen-bond acceptors (Lipinski definition) is 5. The van der Waals surface area contributed by atoms with E-state index in [4.69, 9.17) is 9.47 Å². The van der Waals surface area contributed by atoms with Gasteiger partial charge in [0.25, 0.3) is 0 Å². The molecular formula is C20H17FN2O4. The van der Waals surface area contributed by atoms with Crippen molar-refractivity contribution in [3.63, 3.8) is 0 Å². The molecule has 0 bridgehead atoms. The lowest BCUT2D eigenvalue weighted by Crippen LogP contribution is -2.25. The van der Waals surface area contributed by atoms with E-state index < -0.39 is 23.7 Å². The molecule has 27 heavy (non-hydrogen) atoms. The van der Waals surface area contributed by atoms with Crippen LogP contribution in [0.15, 0.2) is 60.8 Å². The van der Waals surface area contributed by atoms with E-state index in [1.807, 2.05) is 30.3 Å². The Kier molecular flexibility index (Phi) is 5.30. The fraction of sp³-hybridized carbons (Fsp3) is 0.150. The van der Waals surface area contributed by atoms with E-state index >= 15 is 0 Å². The maximum Gasteiger partial charge on any atom is 0.363 e. The van der Waals surface area contributed by atoms with Crippen LogP contribution in [0.1, 0.15) is 27.8 Å². The Morgan fingerprint density at radius 2 is 1.74 bits per heavy atom. The minimum Gasteiger partial charge on any atom is -0.493 e. The topological polar surface area (TPSA) is 70.4 Å². The van der Waals surface area contributed by atoms with Crippen molar-refractivity contribution in [2.75, 3.05) is 7.11 Å². The second-order valence-electron chi connectivity index (χ2n) is 5.74. The Labute approximate surface area is 155 Å². The number of carbonyl (C=O) groups is 2. The molecule has 3 aromatic rings. The van der Waals surface area contributed by atoms with Gasteiger partial charge in [0.05, 0.1) is 19.0 Å². The Balaban J connectivity index is 1.78. The van der Waals surface area contributed by atoms with Gasteiger partial charge in [-0.2, -0.15) is 5.10 Å². The van der Waals surface area contributed by atoms with Crippen LogP contribution in [-0.4, -0.2) is 34.7 Å². The number of esters is 1. The van der Waals surface area contributed by atoms with Gasteiger partial charge in [-0.25, -0.2) is 13.9 Å². The molecule has 7 heteroatoms. The Morgan fingerprint density at radius 3 is 2.37 bits per heavy atom. The minimum absolute atomic E-state index is 0.0416. The lowest BCUT2D eigenvalue weighted by Gasteiger charge is -2.11. The molecule has 0 radical (unpaired) electrons. The smallest absolute Gasteiger partial charge is 0.363 e. The van der Waals surface area contributed by atoms with Crippen LogP contribution in [0, 0.1) is 5.82 Å². The van der Waals surface area contributed by atoms with Crippen molar-refractivity contribution in [1.29, 1.82) is 0 Å². The predicted molar refractivity (Wildman–Crippen MR) is 95.7 cm³/mol. The zero-order valence-electron chi connectivity index (χ0n) is 14.8. The van der Waals surface area contributed by atoms with Crippen LogP contribution in [0.3, 0.4) is 0 Å². The first kappa shape index (κ1) is 18.3. The first-order chi connectivity index (χ1) is 13.0. The number of rotatable bonds is 6. The molecule has 2 aromatic carbocycles. The Morgan fingerprint density at radius 1 is 1.07 bits per heavy atom. The fourth-order valence-corrected chi connectivity index (χ4v) is 2.48. The van der Waals surface area contributed by atoms with E-state index in [0.717, 1.165) is 5.69 Å². The number of ether oxygens (including phenoxy) is 2. The SMILES string of the molecule is COc1cn(-c2ccccc2)nc1C(=O)O[C@@H](C)C(=O)c1ccc(F)cc1. The van der Waals surface area contributed by atoms with Gasteiger partial charge in [0.2, 0.25) is 11.5 Å². The molecule has 0 saturated heterocycles. The molecular weight excluding hydrogens is 351 g/mol. The molecule has 3 rings (SSSR count). The van der Waals surface area contributed by atoms with E-state index in [1.54, 1.807) is 6.20 Å². The van der Waals surface area contributed by atoms with E-state index in [-0.39, 0.29) is 17.0 Å². The standard InChI is InChI=1S/C20H17FN2O4/c1-13(19(24)14-8-10-15(21)11-9-14)27-20(25)18-17(26-2)12-23(22-18)16-6-4-3-5-7-16/h3-13H,1-2H3/t13-/m0/s1. The van der Waals surface area contributed by atoms with E-state index in [1.165, 1.54) is 43.0 Å². The van der Waals surface area contributed by atoms with Crippen molar-refractivity contribution in [3.8, 4) is 11.4 Å². The average molecular weight is 368 g/mol. The van der Waals surface area contributed by atoms with Crippen molar-refractivity contribution < 1.29 is 23.5 Å². The molecule has 0 N–H and O–H groups in total. The van der Waals surface area contributed by atoms with Gasteiger partial charge in [-0.05, 0) is 43.3 Å². The Bertz CT molecular complexity index is 952. The summed E-state index contributed by atoms with van der Waals surface area (Å²) in [5.74, 6) is -1.45. The van der Waals surface area contributed by atoms with Gasteiger partial charge < -0.3 is 9.47 Å². The van der Waals surface area contributed by atoms with Gasteiger partial charge in [0, 0.05) is 5.56 Å². The normalized spacial score (nSPS) is 11.7. The highest BCUT2D eigenvalue weighted by atomic mass is 19.1. The zero-order chi connectivity index (χ0) is 19.4. The van der Waals surface area contributed by atoms with Gasteiger partial charge in [-0.15, -0.1) is 0 Å². The summed E-state index contributed by atoms with van der Waals surface area (Å²) in [6, 6.07) is 14.2. The third kappa shape index (κ3) is 4.03. The summed E-state index contributed by atoms with van der Waals surface area (Å²) >= 11 is 0. The molecule has 1 aromatic heterocycles. The number of methoxy groups -OCH3 is 1. The highest BCUT2D eigenvalue weighted by Gasteiger charge is 2.25. The van der Waals surface area contributed by atoms with Crippen LogP contribution < -0.4 is 4.74 Å². The summed E-state index contributed by atoms with van der Waals surface area (Å²) in [4.78, 5) is 24.8. The summed E-state index contributed by atoms with van der Waals surface area (Å²) < 4.78 is 24.9. The number of halogens is 1. The van der Waals surface area contributed by atoms with Crippen LogP contribution in [0.25, 0.3) is 5.69 Å². The van der Waals surface area contributed by atoms with E-state index in [0.29, 0.717) is 0 Å². The lowest BCUT2D eigenvalue weighted by molar-refractivity contribution is 0.0309. The average Bonchev–Trinajstić information content (AvgIpc) is 3.13. The van der Waals surface area contributed by atoms with Crippen LogP contribution in [0.2, 0.25) is 0 Å². The van der Waals surface area contributed by atoms with E-state index in [9.17, 15) is 14.0 Å². The maximum atomic E-state index is 13.0. The summed E-state index contributed by atoms with van der Waals surface area (Å²) in [6.07, 6.45) is 0.493. The summed E-state index contributed by atoms with van der Waals surface area (Å²) in [5.41, 5.74) is 0.948. The number of nitrogens with zero attached hydrogens (tertiary/aromatic N) is 2. The van der Waals surface area contributed by atoms with Gasteiger partial charge in [-0.3, -0.25) is 4.79 Å². The van der Waals surface area contributed by atoms with E-state index in [2.05, 4.69) is 5.10 Å².